The van der Waals surface area contributed by atoms with Crippen LogP contribution in [0.2, 0.25) is 0 Å². The second-order valence-corrected chi connectivity index (χ2v) is 8.17. The molecule has 1 fully saturated rings. The number of hydrogen-bond acceptors (Lipinski definition) is 5. The number of thiophene rings is 1. The van der Waals surface area contributed by atoms with E-state index in [-0.39, 0.29) is 6.04 Å². The lowest BCUT2D eigenvalue weighted by Crippen LogP contribution is -2.37. The molecule has 1 aliphatic carbocycles. The molecule has 1 aromatic heterocycles. The van der Waals surface area contributed by atoms with Crippen LogP contribution in [-0.2, 0) is 21.3 Å². The maximum absolute atomic E-state index is 12.3. The quantitative estimate of drug-likeness (QED) is 0.727. The highest BCUT2D eigenvalue weighted by Crippen LogP contribution is 2.24. The maximum atomic E-state index is 12.3. The van der Waals surface area contributed by atoms with E-state index in [0.29, 0.717) is 23.3 Å². The Morgan fingerprint density at radius 2 is 2.20 bits per heavy atom. The Balaban J connectivity index is 1.96. The molecule has 0 saturated heterocycles. The van der Waals surface area contributed by atoms with Crippen LogP contribution in [0.5, 0.6) is 0 Å². The summed E-state index contributed by atoms with van der Waals surface area (Å²) in [6.45, 7) is 3.07. The van der Waals surface area contributed by atoms with Gasteiger partial charge in [-0.25, -0.2) is 13.1 Å². The van der Waals surface area contributed by atoms with E-state index in [4.69, 9.17) is 4.74 Å². The van der Waals surface area contributed by atoms with E-state index in [1.807, 2.05) is 13.0 Å². The maximum Gasteiger partial charge on any atom is 0.250 e. The van der Waals surface area contributed by atoms with Gasteiger partial charge in [-0.15, -0.1) is 11.3 Å². The van der Waals surface area contributed by atoms with Crippen LogP contribution in [0.15, 0.2) is 16.3 Å². The van der Waals surface area contributed by atoms with Crippen LogP contribution in [0, 0.1) is 0 Å². The van der Waals surface area contributed by atoms with Gasteiger partial charge in [-0.2, -0.15) is 0 Å². The van der Waals surface area contributed by atoms with E-state index < -0.39 is 10.0 Å². The normalized spacial score (nSPS) is 17.3. The summed E-state index contributed by atoms with van der Waals surface area (Å²) in [5.74, 6) is 0. The third-order valence-corrected chi connectivity index (χ3v) is 6.32. The summed E-state index contributed by atoms with van der Waals surface area (Å²) < 4.78 is 32.6. The highest BCUT2D eigenvalue weighted by Gasteiger charge is 2.23. The molecule has 0 radical (unpaired) electrons. The van der Waals surface area contributed by atoms with E-state index in [0.717, 1.165) is 11.4 Å². The third-order valence-electron chi connectivity index (χ3n) is 3.23. The van der Waals surface area contributed by atoms with E-state index in [1.165, 1.54) is 24.2 Å². The molecule has 0 amide bonds. The Kier molecular flexibility index (Phi) is 5.57. The molecule has 0 spiro atoms. The van der Waals surface area contributed by atoms with Crippen molar-refractivity contribution in [2.24, 2.45) is 0 Å². The first-order chi connectivity index (χ1) is 9.55. The van der Waals surface area contributed by atoms with Crippen molar-refractivity contribution < 1.29 is 13.2 Å². The fourth-order valence-electron chi connectivity index (χ4n) is 1.84. The molecule has 1 aromatic rings. The van der Waals surface area contributed by atoms with E-state index in [9.17, 15) is 8.42 Å². The van der Waals surface area contributed by atoms with Crippen LogP contribution in [0.4, 0.5) is 0 Å². The smallest absolute Gasteiger partial charge is 0.250 e. The van der Waals surface area contributed by atoms with Crippen molar-refractivity contribution in [1.29, 1.82) is 0 Å². The predicted molar refractivity (Wildman–Crippen MR) is 80.5 cm³/mol. The molecule has 7 heteroatoms. The first-order valence-electron chi connectivity index (χ1n) is 6.88. The standard InChI is InChI=1S/C13H22N2O3S2/c1-3-10(9-18-2)15-20(16,17)13-7-6-12(19-13)8-14-11-4-5-11/h6-7,10-11,14-15H,3-5,8-9H2,1-2H3. The predicted octanol–water partition coefficient (Wildman–Crippen LogP) is 1.70. The van der Waals surface area contributed by atoms with Crippen molar-refractivity contribution in [3.63, 3.8) is 0 Å². The van der Waals surface area contributed by atoms with Gasteiger partial charge in [0.2, 0.25) is 10.0 Å². The van der Waals surface area contributed by atoms with Gasteiger partial charge in [-0.3, -0.25) is 0 Å². The molecular formula is C13H22N2O3S2. The number of ether oxygens (including phenoxy) is 1. The van der Waals surface area contributed by atoms with E-state index in [1.54, 1.807) is 13.2 Å². The van der Waals surface area contributed by atoms with Crippen LogP contribution in [0.1, 0.15) is 31.1 Å². The Morgan fingerprint density at radius 1 is 1.45 bits per heavy atom. The summed E-state index contributed by atoms with van der Waals surface area (Å²) in [5.41, 5.74) is 0. The number of methoxy groups -OCH3 is 1. The lowest BCUT2D eigenvalue weighted by Gasteiger charge is -2.15. The zero-order valence-electron chi connectivity index (χ0n) is 11.9. The zero-order chi connectivity index (χ0) is 14.6. The second-order valence-electron chi connectivity index (χ2n) is 5.06. The molecule has 1 saturated carbocycles. The molecule has 20 heavy (non-hydrogen) atoms. The lowest BCUT2D eigenvalue weighted by atomic mass is 10.3. The summed E-state index contributed by atoms with van der Waals surface area (Å²) in [6.07, 6.45) is 3.16. The largest absolute Gasteiger partial charge is 0.383 e. The molecule has 2 N–H and O–H groups in total. The van der Waals surface area contributed by atoms with Gasteiger partial charge in [0.1, 0.15) is 4.21 Å². The van der Waals surface area contributed by atoms with Crippen LogP contribution in [-0.4, -0.2) is 34.2 Å². The van der Waals surface area contributed by atoms with Crippen LogP contribution in [0.3, 0.4) is 0 Å². The highest BCUT2D eigenvalue weighted by molar-refractivity contribution is 7.91. The molecule has 0 bridgehead atoms. The van der Waals surface area contributed by atoms with Crippen molar-refractivity contribution in [1.82, 2.24) is 10.0 Å². The first kappa shape index (κ1) is 15.9. The SMILES string of the molecule is CCC(COC)NS(=O)(=O)c1ccc(CNC2CC2)s1. The Bertz CT molecular complexity index is 523. The average molecular weight is 318 g/mol. The summed E-state index contributed by atoms with van der Waals surface area (Å²) in [5, 5.41) is 3.39. The molecule has 5 nitrogen and oxygen atoms in total. The van der Waals surface area contributed by atoms with Gasteiger partial charge in [-0.1, -0.05) is 6.92 Å². The molecule has 0 aliphatic heterocycles. The Labute approximate surface area is 124 Å². The van der Waals surface area contributed by atoms with Gasteiger partial charge >= 0.3 is 0 Å². The van der Waals surface area contributed by atoms with Crippen molar-refractivity contribution in [3.8, 4) is 0 Å². The van der Waals surface area contributed by atoms with E-state index >= 15 is 0 Å². The zero-order valence-corrected chi connectivity index (χ0v) is 13.5. The van der Waals surface area contributed by atoms with Gasteiger partial charge in [0, 0.05) is 30.6 Å². The molecular weight excluding hydrogens is 296 g/mol. The minimum absolute atomic E-state index is 0.180. The summed E-state index contributed by atoms with van der Waals surface area (Å²) >= 11 is 1.33. The molecule has 1 heterocycles. The first-order valence-corrected chi connectivity index (χ1v) is 9.18. The molecule has 1 atom stereocenters. The molecule has 0 aromatic carbocycles. The minimum atomic E-state index is -3.44. The Morgan fingerprint density at radius 3 is 2.80 bits per heavy atom. The fraction of sp³-hybridized carbons (Fsp3) is 0.692. The monoisotopic (exact) mass is 318 g/mol. The summed E-state index contributed by atoms with van der Waals surface area (Å²) in [4.78, 5) is 1.05. The Hall–Kier alpha value is -0.470. The van der Waals surface area contributed by atoms with Crippen LogP contribution in [0.25, 0.3) is 0 Å². The van der Waals surface area contributed by atoms with Crippen molar-refractivity contribution in [2.75, 3.05) is 13.7 Å². The summed E-state index contributed by atoms with van der Waals surface area (Å²) in [6, 6.07) is 4.00. The molecule has 114 valence electrons. The summed E-state index contributed by atoms with van der Waals surface area (Å²) in [7, 11) is -1.86. The topological polar surface area (TPSA) is 67.4 Å². The number of rotatable bonds is 9. The third kappa shape index (κ3) is 4.53. The van der Waals surface area contributed by atoms with Crippen molar-refractivity contribution in [2.45, 2.75) is 49.0 Å². The molecule has 1 aliphatic rings. The fourth-order valence-corrected chi connectivity index (χ4v) is 4.47. The number of nitrogens with one attached hydrogen (secondary N) is 2. The molecule has 1 unspecified atom stereocenters. The van der Waals surface area contributed by atoms with Gasteiger partial charge in [0.25, 0.3) is 0 Å². The highest BCUT2D eigenvalue weighted by atomic mass is 32.2. The molecule has 2 rings (SSSR count). The van der Waals surface area contributed by atoms with E-state index in [2.05, 4.69) is 10.0 Å². The number of sulfonamides is 1. The van der Waals surface area contributed by atoms with Crippen molar-refractivity contribution >= 4 is 21.4 Å². The average Bonchev–Trinajstić information content (AvgIpc) is 3.11. The van der Waals surface area contributed by atoms with Gasteiger partial charge < -0.3 is 10.1 Å². The van der Waals surface area contributed by atoms with Crippen LogP contribution >= 0.6 is 11.3 Å². The minimum Gasteiger partial charge on any atom is -0.383 e. The van der Waals surface area contributed by atoms with Gasteiger partial charge in [-0.05, 0) is 31.4 Å². The lowest BCUT2D eigenvalue weighted by molar-refractivity contribution is 0.173. The van der Waals surface area contributed by atoms with Crippen LogP contribution < -0.4 is 10.0 Å². The van der Waals surface area contributed by atoms with Gasteiger partial charge in [0.05, 0.1) is 6.61 Å². The number of hydrogen-bond donors (Lipinski definition) is 2. The second kappa shape index (κ2) is 7.00. The van der Waals surface area contributed by atoms with Gasteiger partial charge in [0.15, 0.2) is 0 Å². The van der Waals surface area contributed by atoms with Crippen molar-refractivity contribution in [3.05, 3.63) is 17.0 Å².